The van der Waals surface area contributed by atoms with Crippen LogP contribution in [0.5, 0.6) is 0 Å². The zero-order chi connectivity index (χ0) is 25.4. The maximum Gasteiger partial charge on any atom is 0.251 e. The Morgan fingerprint density at radius 3 is 2.51 bits per heavy atom. The molecule has 8 heteroatoms. The maximum atomic E-state index is 12.7. The molecule has 0 bridgehead atoms. The highest BCUT2D eigenvalue weighted by atomic mass is 32.1. The normalized spacial score (nSPS) is 16.4. The Bertz CT molecular complexity index is 1020. The minimum atomic E-state index is -0.320. The molecule has 7 nitrogen and oxygen atoms in total. The molecule has 1 aliphatic rings. The quantitative estimate of drug-likeness (QED) is 0.492. The first kappa shape index (κ1) is 27.0. The third kappa shape index (κ3) is 7.21. The highest BCUT2D eigenvalue weighted by molar-refractivity contribution is 7.08. The van der Waals surface area contributed by atoms with Gasteiger partial charge in [-0.2, -0.15) is 16.6 Å². The largest absolute Gasteiger partial charge is 0.377 e. The van der Waals surface area contributed by atoms with E-state index < -0.39 is 0 Å². The van der Waals surface area contributed by atoms with Gasteiger partial charge < -0.3 is 20.3 Å². The summed E-state index contributed by atoms with van der Waals surface area (Å²) >= 11 is 1.60. The molecule has 0 saturated carbocycles. The van der Waals surface area contributed by atoms with Gasteiger partial charge in [-0.25, -0.2) is 0 Å². The Morgan fingerprint density at radius 1 is 1.26 bits per heavy atom. The molecule has 1 aromatic heterocycles. The lowest BCUT2D eigenvalue weighted by atomic mass is 9.98. The predicted octanol–water partition coefficient (Wildman–Crippen LogP) is 3.76. The molecule has 188 valence electrons. The molecular weight excluding hydrogens is 460 g/mol. The number of hydrogen-bond acceptors (Lipinski definition) is 7. The van der Waals surface area contributed by atoms with Crippen LogP contribution in [0.2, 0.25) is 0 Å². The third-order valence-electron chi connectivity index (χ3n) is 6.78. The van der Waals surface area contributed by atoms with Crippen LogP contribution in [-0.4, -0.2) is 62.0 Å². The van der Waals surface area contributed by atoms with Crippen LogP contribution in [0.25, 0.3) is 0 Å². The summed E-state index contributed by atoms with van der Waals surface area (Å²) in [6, 6.07) is 7.97. The summed E-state index contributed by atoms with van der Waals surface area (Å²) in [6.07, 6.45) is 2.81. The molecule has 1 aromatic carbocycles. The average Bonchev–Trinajstić information content (AvgIpc) is 3.37. The van der Waals surface area contributed by atoms with Crippen molar-refractivity contribution in [2.45, 2.75) is 58.2 Å². The summed E-state index contributed by atoms with van der Waals surface area (Å²) < 4.78 is 5.09. The molecule has 1 aliphatic heterocycles. The van der Waals surface area contributed by atoms with Gasteiger partial charge in [0, 0.05) is 31.3 Å². The summed E-state index contributed by atoms with van der Waals surface area (Å²) in [7, 11) is 1.55. The Morgan fingerprint density at radius 2 is 1.94 bits per heavy atom. The monoisotopic (exact) mass is 496 g/mol. The summed E-state index contributed by atoms with van der Waals surface area (Å²) in [6.45, 7) is 8.56. The van der Waals surface area contributed by atoms with Crippen LogP contribution in [-0.2, 0) is 9.53 Å². The van der Waals surface area contributed by atoms with E-state index in [2.05, 4.69) is 28.5 Å². The zero-order valence-corrected chi connectivity index (χ0v) is 21.9. The van der Waals surface area contributed by atoms with E-state index in [1.807, 2.05) is 30.7 Å². The molecule has 3 rings (SSSR count). The van der Waals surface area contributed by atoms with E-state index in [-0.39, 0.29) is 30.4 Å². The number of carbonyl (C=O) groups is 2. The maximum absolute atomic E-state index is 12.7. The number of benzene rings is 1. The van der Waals surface area contributed by atoms with Gasteiger partial charge in [-0.1, -0.05) is 0 Å². The van der Waals surface area contributed by atoms with E-state index in [4.69, 9.17) is 10.00 Å². The number of nitrogens with zero attached hydrogens (tertiary/aromatic N) is 2. The first-order valence-corrected chi connectivity index (χ1v) is 13.1. The van der Waals surface area contributed by atoms with Crippen LogP contribution in [0.4, 0.5) is 0 Å². The lowest BCUT2D eigenvalue weighted by molar-refractivity contribution is -0.125. The number of nitriles is 1. The zero-order valence-electron chi connectivity index (χ0n) is 21.1. The molecule has 2 heterocycles. The fourth-order valence-electron chi connectivity index (χ4n) is 4.83. The molecule has 1 amide bonds. The number of hydrogen-bond donors (Lipinski definition) is 2. The Kier molecular flexibility index (Phi) is 9.99. The number of aryl methyl sites for hydroxylation is 2. The van der Waals surface area contributed by atoms with Gasteiger partial charge in [0.15, 0.2) is 5.78 Å². The second kappa shape index (κ2) is 12.9. The molecule has 1 unspecified atom stereocenters. The molecule has 35 heavy (non-hydrogen) atoms. The average molecular weight is 497 g/mol. The summed E-state index contributed by atoms with van der Waals surface area (Å²) in [4.78, 5) is 27.8. The lowest BCUT2D eigenvalue weighted by Gasteiger charge is -2.37. The van der Waals surface area contributed by atoms with Crippen molar-refractivity contribution in [3.05, 3.63) is 56.8 Å². The molecular formula is C27H36N4O3S. The summed E-state index contributed by atoms with van der Waals surface area (Å²) in [5.74, 6) is -0.0232. The van der Waals surface area contributed by atoms with E-state index in [1.54, 1.807) is 30.6 Å². The molecule has 1 fully saturated rings. The van der Waals surface area contributed by atoms with Gasteiger partial charge in [-0.15, -0.1) is 0 Å². The van der Waals surface area contributed by atoms with Crippen molar-refractivity contribution in [2.75, 3.05) is 33.4 Å². The first-order valence-electron chi connectivity index (χ1n) is 12.2. The van der Waals surface area contributed by atoms with Gasteiger partial charge in [-0.05, 0) is 98.8 Å². The Hall–Kier alpha value is -2.57. The smallest absolute Gasteiger partial charge is 0.251 e. The fourth-order valence-corrected chi connectivity index (χ4v) is 5.52. The topological polar surface area (TPSA) is 94.5 Å². The van der Waals surface area contributed by atoms with Crippen molar-refractivity contribution in [1.29, 1.82) is 5.26 Å². The number of ketones is 1. The van der Waals surface area contributed by atoms with Crippen LogP contribution in [0.1, 0.15) is 64.8 Å². The van der Waals surface area contributed by atoms with Gasteiger partial charge >= 0.3 is 0 Å². The Labute approximate surface area is 212 Å². The molecule has 2 atom stereocenters. The summed E-state index contributed by atoms with van der Waals surface area (Å²) in [5.41, 5.74) is 3.90. The van der Waals surface area contributed by atoms with Crippen LogP contribution < -0.4 is 10.6 Å². The summed E-state index contributed by atoms with van der Waals surface area (Å²) in [5, 5.41) is 19.8. The van der Waals surface area contributed by atoms with Gasteiger partial charge in [0.1, 0.15) is 6.61 Å². The molecule has 0 radical (unpaired) electrons. The van der Waals surface area contributed by atoms with Gasteiger partial charge in [0.2, 0.25) is 0 Å². The lowest BCUT2D eigenvalue weighted by Crippen LogP contribution is -2.48. The second-order valence-electron chi connectivity index (χ2n) is 9.36. The third-order valence-corrected chi connectivity index (χ3v) is 7.48. The number of likely N-dealkylation sites (tertiary alicyclic amines) is 1. The van der Waals surface area contributed by atoms with Crippen molar-refractivity contribution >= 4 is 23.0 Å². The number of rotatable bonds is 11. The van der Waals surface area contributed by atoms with Crippen molar-refractivity contribution in [3.8, 4) is 6.07 Å². The van der Waals surface area contributed by atoms with Crippen molar-refractivity contribution in [3.63, 3.8) is 0 Å². The molecule has 1 saturated heterocycles. The van der Waals surface area contributed by atoms with Gasteiger partial charge in [0.25, 0.3) is 5.91 Å². The van der Waals surface area contributed by atoms with Gasteiger partial charge in [-0.3, -0.25) is 9.59 Å². The van der Waals surface area contributed by atoms with Crippen molar-refractivity contribution in [2.24, 2.45) is 0 Å². The minimum Gasteiger partial charge on any atom is -0.377 e. The van der Waals surface area contributed by atoms with Crippen molar-refractivity contribution < 1.29 is 14.3 Å². The number of piperidine rings is 1. The van der Waals surface area contributed by atoms with E-state index in [0.29, 0.717) is 23.7 Å². The van der Waals surface area contributed by atoms with Crippen LogP contribution in [0, 0.1) is 25.2 Å². The van der Waals surface area contributed by atoms with Crippen LogP contribution >= 0.6 is 11.3 Å². The molecule has 0 aliphatic carbocycles. The number of ether oxygens (including phenoxy) is 1. The van der Waals surface area contributed by atoms with Crippen LogP contribution in [0.3, 0.4) is 0 Å². The number of thiophene rings is 1. The molecule has 2 N–H and O–H groups in total. The number of Topliss-reactive ketones (excluding diaryl/α,β-unsaturated/α-hetero) is 1. The number of nitrogens with one attached hydrogen (secondary N) is 2. The van der Waals surface area contributed by atoms with E-state index in [1.165, 1.54) is 0 Å². The molecule has 0 spiro atoms. The predicted molar refractivity (Wildman–Crippen MR) is 139 cm³/mol. The number of amides is 1. The number of carbonyl (C=O) groups excluding carboxylic acids is 2. The fraction of sp³-hybridized carbons (Fsp3) is 0.519. The van der Waals surface area contributed by atoms with Gasteiger partial charge in [0.05, 0.1) is 17.7 Å². The Balaban J connectivity index is 1.46. The van der Waals surface area contributed by atoms with E-state index >= 15 is 0 Å². The molecule has 2 aromatic rings. The van der Waals surface area contributed by atoms with Crippen molar-refractivity contribution in [1.82, 2.24) is 15.5 Å². The highest BCUT2D eigenvalue weighted by Gasteiger charge is 2.28. The van der Waals surface area contributed by atoms with E-state index in [9.17, 15) is 9.59 Å². The highest BCUT2D eigenvalue weighted by Crippen LogP contribution is 2.22. The minimum absolute atomic E-state index is 0.0603. The number of methoxy groups -OCH3 is 1. The van der Waals surface area contributed by atoms with Crippen LogP contribution in [0.15, 0.2) is 29.0 Å². The standard InChI is InChI=1S/C27H36N4O3S/c1-18-13-21(15-28)14-19(2)25(18)27(33)29-9-5-20(3)31-10-6-23(7-11-31)30-26(24(32)16-34-4)22-8-12-35-17-22/h8,12-14,17,20,23,26,30H,5-7,9-11,16H2,1-4H3,(H,29,33)/t20-,26?/m1/s1. The van der Waals surface area contributed by atoms with E-state index in [0.717, 1.165) is 49.0 Å². The first-order chi connectivity index (χ1) is 16.8. The SMILES string of the molecule is COCC(=O)C(NC1CCN([C@H](C)CCNC(=O)c2c(C)cc(C#N)cc2C)CC1)c1ccsc1. The second-order valence-corrected chi connectivity index (χ2v) is 10.1.